The van der Waals surface area contributed by atoms with Crippen molar-refractivity contribution < 1.29 is 0 Å². The third-order valence-electron chi connectivity index (χ3n) is 3.80. The van der Waals surface area contributed by atoms with E-state index in [-0.39, 0.29) is 11.5 Å². The predicted octanol–water partition coefficient (Wildman–Crippen LogP) is 3.38. The topological polar surface area (TPSA) is 42.7 Å². The van der Waals surface area contributed by atoms with Crippen LogP contribution in [0.1, 0.15) is 55.7 Å². The van der Waals surface area contributed by atoms with E-state index in [0.717, 1.165) is 13.0 Å². The molecule has 1 unspecified atom stereocenters. The van der Waals surface area contributed by atoms with E-state index in [1.165, 1.54) is 22.0 Å². The van der Waals surface area contributed by atoms with Crippen LogP contribution in [0.15, 0.2) is 11.6 Å². The summed E-state index contributed by atoms with van der Waals surface area (Å²) in [5, 5.41) is 11.3. The summed E-state index contributed by atoms with van der Waals surface area (Å²) in [7, 11) is 1.99. The molecule has 2 aromatic heterocycles. The second kappa shape index (κ2) is 6.28. The molecular formula is C16H26N4S. The maximum atomic E-state index is 4.82. The maximum absolute atomic E-state index is 4.82. The molecule has 1 atom stereocenters. The number of likely N-dealkylation sites (N-methyl/N-ethyl adjacent to an activating group) is 1. The maximum Gasteiger partial charge on any atom is 0.0947 e. The summed E-state index contributed by atoms with van der Waals surface area (Å²) >= 11 is 1.76. The predicted molar refractivity (Wildman–Crippen MR) is 88.9 cm³/mol. The van der Waals surface area contributed by atoms with Gasteiger partial charge >= 0.3 is 0 Å². The Bertz CT molecular complexity index is 592. The van der Waals surface area contributed by atoms with Crippen LogP contribution in [0.3, 0.4) is 0 Å². The molecular weight excluding hydrogens is 280 g/mol. The van der Waals surface area contributed by atoms with Gasteiger partial charge in [-0.15, -0.1) is 11.3 Å². The van der Waals surface area contributed by atoms with Crippen molar-refractivity contribution in [2.24, 2.45) is 7.05 Å². The van der Waals surface area contributed by atoms with Crippen molar-refractivity contribution in [3.63, 3.8) is 0 Å². The second-order valence-corrected chi connectivity index (χ2v) is 7.44. The normalized spacial score (nSPS) is 13.6. The molecule has 116 valence electrons. The smallest absolute Gasteiger partial charge is 0.0947 e. The van der Waals surface area contributed by atoms with Crippen LogP contribution in [0, 0.1) is 6.92 Å². The highest BCUT2D eigenvalue weighted by atomic mass is 32.1. The monoisotopic (exact) mass is 306 g/mol. The van der Waals surface area contributed by atoms with Gasteiger partial charge in [0.15, 0.2) is 0 Å². The van der Waals surface area contributed by atoms with Crippen LogP contribution in [0.5, 0.6) is 0 Å². The van der Waals surface area contributed by atoms with Crippen LogP contribution >= 0.6 is 11.3 Å². The fraction of sp³-hybridized carbons (Fsp3) is 0.625. The van der Waals surface area contributed by atoms with Crippen LogP contribution in [0.25, 0.3) is 0 Å². The highest BCUT2D eigenvalue weighted by Crippen LogP contribution is 2.27. The van der Waals surface area contributed by atoms with E-state index in [1.54, 1.807) is 11.3 Å². The lowest BCUT2D eigenvalue weighted by atomic mass is 9.93. The van der Waals surface area contributed by atoms with E-state index >= 15 is 0 Å². The SMILES string of the molecule is CCNC(Cc1nc(C(C)(C)C)cs1)c1cnn(C)c1C. The summed E-state index contributed by atoms with van der Waals surface area (Å²) in [6.07, 6.45) is 2.89. The number of nitrogens with zero attached hydrogens (tertiary/aromatic N) is 3. The zero-order chi connectivity index (χ0) is 15.6. The van der Waals surface area contributed by atoms with Crippen molar-refractivity contribution >= 4 is 11.3 Å². The zero-order valence-corrected chi connectivity index (χ0v) is 14.7. The van der Waals surface area contributed by atoms with Crippen molar-refractivity contribution in [2.75, 3.05) is 6.54 Å². The molecule has 2 aromatic rings. The van der Waals surface area contributed by atoms with Gasteiger partial charge in [0, 0.05) is 41.6 Å². The lowest BCUT2D eigenvalue weighted by Crippen LogP contribution is -2.23. The average molecular weight is 306 g/mol. The van der Waals surface area contributed by atoms with Gasteiger partial charge in [0.2, 0.25) is 0 Å². The molecule has 0 saturated carbocycles. The molecule has 0 aromatic carbocycles. The van der Waals surface area contributed by atoms with Gasteiger partial charge < -0.3 is 5.32 Å². The molecule has 5 heteroatoms. The van der Waals surface area contributed by atoms with Gasteiger partial charge in [0.25, 0.3) is 0 Å². The Morgan fingerprint density at radius 1 is 1.38 bits per heavy atom. The van der Waals surface area contributed by atoms with Crippen molar-refractivity contribution in [3.05, 3.63) is 33.5 Å². The lowest BCUT2D eigenvalue weighted by molar-refractivity contribution is 0.537. The summed E-state index contributed by atoms with van der Waals surface area (Å²) in [4.78, 5) is 4.82. The minimum Gasteiger partial charge on any atom is -0.310 e. The Morgan fingerprint density at radius 2 is 2.10 bits per heavy atom. The van der Waals surface area contributed by atoms with Crippen LogP contribution in [0.4, 0.5) is 0 Å². The van der Waals surface area contributed by atoms with Crippen LogP contribution in [-0.2, 0) is 18.9 Å². The minimum atomic E-state index is 0.118. The molecule has 0 bridgehead atoms. The Morgan fingerprint density at radius 3 is 2.57 bits per heavy atom. The molecule has 0 aliphatic rings. The van der Waals surface area contributed by atoms with Gasteiger partial charge in [-0.25, -0.2) is 4.98 Å². The Hall–Kier alpha value is -1.20. The summed E-state index contributed by atoms with van der Waals surface area (Å²) in [5.41, 5.74) is 3.79. The second-order valence-electron chi connectivity index (χ2n) is 6.50. The van der Waals surface area contributed by atoms with E-state index in [2.05, 4.69) is 50.4 Å². The number of nitrogens with one attached hydrogen (secondary N) is 1. The number of hydrogen-bond donors (Lipinski definition) is 1. The van der Waals surface area contributed by atoms with E-state index in [4.69, 9.17) is 4.98 Å². The minimum absolute atomic E-state index is 0.118. The standard InChI is InChI=1S/C16H26N4S/c1-7-17-13(12-9-18-20(6)11(12)2)8-15-19-14(10-21-15)16(3,4)5/h9-10,13,17H,7-8H2,1-6H3. The van der Waals surface area contributed by atoms with Gasteiger partial charge in [-0.1, -0.05) is 27.7 Å². The number of aromatic nitrogens is 3. The van der Waals surface area contributed by atoms with Crippen molar-refractivity contribution in [1.82, 2.24) is 20.1 Å². The van der Waals surface area contributed by atoms with Crippen molar-refractivity contribution in [1.29, 1.82) is 0 Å². The molecule has 4 nitrogen and oxygen atoms in total. The summed E-state index contributed by atoms with van der Waals surface area (Å²) in [6.45, 7) is 11.8. The number of thiazole rings is 1. The lowest BCUT2D eigenvalue weighted by Gasteiger charge is -2.17. The third-order valence-corrected chi connectivity index (χ3v) is 4.67. The third kappa shape index (κ3) is 3.71. The number of rotatable bonds is 5. The molecule has 2 rings (SSSR count). The Labute approximate surface area is 131 Å². The largest absolute Gasteiger partial charge is 0.310 e. The molecule has 0 fully saturated rings. The van der Waals surface area contributed by atoms with Crippen LogP contribution < -0.4 is 5.32 Å². The first-order valence-corrected chi connectivity index (χ1v) is 8.37. The molecule has 0 aliphatic heterocycles. The zero-order valence-electron chi connectivity index (χ0n) is 13.9. The van der Waals surface area contributed by atoms with Gasteiger partial charge in [0.05, 0.1) is 16.9 Å². The molecule has 0 radical (unpaired) electrons. The molecule has 21 heavy (non-hydrogen) atoms. The van der Waals surface area contributed by atoms with E-state index in [9.17, 15) is 0 Å². The van der Waals surface area contributed by atoms with Crippen LogP contribution in [-0.4, -0.2) is 21.3 Å². The first-order valence-electron chi connectivity index (χ1n) is 7.49. The molecule has 0 saturated heterocycles. The fourth-order valence-electron chi connectivity index (χ4n) is 2.32. The highest BCUT2D eigenvalue weighted by Gasteiger charge is 2.21. The van der Waals surface area contributed by atoms with E-state index in [1.807, 2.05) is 17.9 Å². The Balaban J connectivity index is 2.21. The van der Waals surface area contributed by atoms with E-state index < -0.39 is 0 Å². The summed E-state index contributed by atoms with van der Waals surface area (Å²) in [5.74, 6) is 0. The first kappa shape index (κ1) is 16.2. The van der Waals surface area contributed by atoms with Gasteiger partial charge in [-0.05, 0) is 13.5 Å². The highest BCUT2D eigenvalue weighted by molar-refractivity contribution is 7.09. The van der Waals surface area contributed by atoms with Crippen molar-refractivity contribution in [3.8, 4) is 0 Å². The van der Waals surface area contributed by atoms with Gasteiger partial charge in [-0.3, -0.25) is 4.68 Å². The molecule has 0 amide bonds. The van der Waals surface area contributed by atoms with Crippen molar-refractivity contribution in [2.45, 2.75) is 52.5 Å². The summed E-state index contributed by atoms with van der Waals surface area (Å²) in [6, 6.07) is 0.280. The van der Waals surface area contributed by atoms with Gasteiger partial charge in [0.1, 0.15) is 0 Å². The van der Waals surface area contributed by atoms with E-state index in [0.29, 0.717) is 0 Å². The molecule has 2 heterocycles. The molecule has 0 spiro atoms. The Kier molecular flexibility index (Phi) is 4.84. The summed E-state index contributed by atoms with van der Waals surface area (Å²) < 4.78 is 1.93. The van der Waals surface area contributed by atoms with Crippen LogP contribution in [0.2, 0.25) is 0 Å². The molecule has 0 aliphatic carbocycles. The average Bonchev–Trinajstić information content (AvgIpc) is 2.98. The first-order chi connectivity index (χ1) is 9.82. The number of aryl methyl sites for hydroxylation is 1. The van der Waals surface area contributed by atoms with Gasteiger partial charge in [-0.2, -0.15) is 5.10 Å². The molecule has 1 N–H and O–H groups in total. The quantitative estimate of drug-likeness (QED) is 0.921. The fourth-order valence-corrected chi connectivity index (χ4v) is 3.39. The number of hydrogen-bond acceptors (Lipinski definition) is 4.